The molecule has 0 heterocycles. The van der Waals surface area contributed by atoms with Crippen LogP contribution in [0.15, 0.2) is 54.6 Å². The Labute approximate surface area is 134 Å². The molecule has 0 amide bonds. The number of benzene rings is 2. The fraction of sp³-hybridized carbons (Fsp3) is 0.400. The second kappa shape index (κ2) is 8.47. The maximum atomic E-state index is 6.28. The summed E-state index contributed by atoms with van der Waals surface area (Å²) >= 11 is 0. The van der Waals surface area contributed by atoms with Gasteiger partial charge in [0.25, 0.3) is 0 Å². The summed E-state index contributed by atoms with van der Waals surface area (Å²) in [7, 11) is 0. The lowest BCUT2D eigenvalue weighted by atomic mass is 9.98. The normalized spacial score (nSPS) is 13.4. The van der Waals surface area contributed by atoms with Crippen LogP contribution in [0, 0.1) is 0 Å². The van der Waals surface area contributed by atoms with Crippen LogP contribution in [0.2, 0.25) is 0 Å². The molecule has 0 aliphatic rings. The van der Waals surface area contributed by atoms with Gasteiger partial charge in [0.05, 0.1) is 6.54 Å². The van der Waals surface area contributed by atoms with Crippen LogP contribution in [0.25, 0.3) is 0 Å². The molecule has 0 fully saturated rings. The molecule has 0 aliphatic carbocycles. The smallest absolute Gasteiger partial charge is 0.123 e. The van der Waals surface area contributed by atoms with Crippen LogP contribution in [0.1, 0.15) is 45.1 Å². The molecule has 2 heteroatoms. The third-order valence-electron chi connectivity index (χ3n) is 4.12. The van der Waals surface area contributed by atoms with Crippen molar-refractivity contribution in [3.05, 3.63) is 60.2 Å². The first-order chi connectivity index (χ1) is 10.7. The van der Waals surface area contributed by atoms with Gasteiger partial charge in [-0.05, 0) is 42.5 Å². The highest BCUT2D eigenvalue weighted by atomic mass is 16.5. The van der Waals surface area contributed by atoms with Crippen LogP contribution < -0.4 is 10.1 Å². The number of hydrogen-bond acceptors (Lipinski definition) is 2. The van der Waals surface area contributed by atoms with Gasteiger partial charge >= 0.3 is 0 Å². The maximum Gasteiger partial charge on any atom is 0.123 e. The lowest BCUT2D eigenvalue weighted by Crippen LogP contribution is -2.26. The monoisotopic (exact) mass is 297 g/mol. The molecule has 0 saturated carbocycles. The first kappa shape index (κ1) is 16.4. The number of rotatable bonds is 8. The zero-order chi connectivity index (χ0) is 15.8. The van der Waals surface area contributed by atoms with E-state index in [1.807, 2.05) is 18.2 Å². The molecule has 2 aromatic rings. The Balaban J connectivity index is 2.01. The summed E-state index contributed by atoms with van der Waals surface area (Å²) in [5.74, 6) is 1.55. The van der Waals surface area contributed by atoms with Crippen LogP contribution in [0.4, 0.5) is 5.69 Å². The van der Waals surface area contributed by atoms with E-state index in [2.05, 4.69) is 62.5 Å². The van der Waals surface area contributed by atoms with Gasteiger partial charge in [0.2, 0.25) is 0 Å². The van der Waals surface area contributed by atoms with E-state index < -0.39 is 0 Å². The van der Waals surface area contributed by atoms with Gasteiger partial charge in [0.15, 0.2) is 0 Å². The van der Waals surface area contributed by atoms with Crippen molar-refractivity contribution in [1.82, 2.24) is 0 Å². The van der Waals surface area contributed by atoms with Gasteiger partial charge in [0.1, 0.15) is 11.9 Å². The lowest BCUT2D eigenvalue weighted by Gasteiger charge is -2.22. The highest BCUT2D eigenvalue weighted by Gasteiger charge is 2.14. The standard InChI is InChI=1S/C20H27NO/c1-4-16(3)19-13-9-10-14-20(19)22-18(5-2)15-21-17-11-7-6-8-12-17/h6-14,16,18,21H,4-5,15H2,1-3H3. The Hall–Kier alpha value is -1.96. The summed E-state index contributed by atoms with van der Waals surface area (Å²) in [5, 5.41) is 3.45. The molecule has 2 unspecified atom stereocenters. The van der Waals surface area contributed by atoms with Crippen molar-refractivity contribution in [3.63, 3.8) is 0 Å². The Bertz CT molecular complexity index is 553. The highest BCUT2D eigenvalue weighted by molar-refractivity contribution is 5.42. The van der Waals surface area contributed by atoms with Crippen molar-refractivity contribution in [2.45, 2.75) is 45.6 Å². The minimum Gasteiger partial charge on any atom is -0.488 e. The van der Waals surface area contributed by atoms with Gasteiger partial charge in [-0.1, -0.05) is 57.2 Å². The fourth-order valence-corrected chi connectivity index (χ4v) is 2.45. The Kier molecular flexibility index (Phi) is 6.32. The van der Waals surface area contributed by atoms with Crippen molar-refractivity contribution in [1.29, 1.82) is 0 Å². The molecule has 2 atom stereocenters. The molecule has 0 spiro atoms. The van der Waals surface area contributed by atoms with E-state index in [0.29, 0.717) is 5.92 Å². The number of nitrogens with one attached hydrogen (secondary N) is 1. The Morgan fingerprint density at radius 1 is 0.909 bits per heavy atom. The Morgan fingerprint density at radius 2 is 1.59 bits per heavy atom. The van der Waals surface area contributed by atoms with Gasteiger partial charge in [-0.3, -0.25) is 0 Å². The summed E-state index contributed by atoms with van der Waals surface area (Å²) in [6.07, 6.45) is 2.28. The molecular weight excluding hydrogens is 270 g/mol. The molecule has 118 valence electrons. The van der Waals surface area contributed by atoms with Crippen molar-refractivity contribution in [3.8, 4) is 5.75 Å². The first-order valence-electron chi connectivity index (χ1n) is 8.29. The van der Waals surface area contributed by atoms with E-state index in [9.17, 15) is 0 Å². The third-order valence-corrected chi connectivity index (χ3v) is 4.12. The number of para-hydroxylation sites is 2. The largest absolute Gasteiger partial charge is 0.488 e. The second-order valence-electron chi connectivity index (χ2n) is 5.74. The van der Waals surface area contributed by atoms with E-state index >= 15 is 0 Å². The highest BCUT2D eigenvalue weighted by Crippen LogP contribution is 2.29. The number of anilines is 1. The zero-order valence-electron chi connectivity index (χ0n) is 13.9. The molecular formula is C20H27NO. The number of hydrogen-bond donors (Lipinski definition) is 1. The third kappa shape index (κ3) is 4.52. The fourth-order valence-electron chi connectivity index (χ4n) is 2.45. The number of ether oxygens (including phenoxy) is 1. The molecule has 1 N–H and O–H groups in total. The zero-order valence-corrected chi connectivity index (χ0v) is 13.9. The summed E-state index contributed by atoms with van der Waals surface area (Å²) in [6.45, 7) is 7.46. The van der Waals surface area contributed by atoms with Crippen LogP contribution >= 0.6 is 0 Å². The molecule has 0 aromatic heterocycles. The minimum absolute atomic E-state index is 0.172. The molecule has 0 aliphatic heterocycles. The quantitative estimate of drug-likeness (QED) is 0.697. The van der Waals surface area contributed by atoms with Crippen molar-refractivity contribution >= 4 is 5.69 Å². The van der Waals surface area contributed by atoms with E-state index in [-0.39, 0.29) is 6.10 Å². The van der Waals surface area contributed by atoms with Crippen molar-refractivity contribution in [2.75, 3.05) is 11.9 Å². The molecule has 2 nitrogen and oxygen atoms in total. The van der Waals surface area contributed by atoms with Crippen molar-refractivity contribution < 1.29 is 4.74 Å². The van der Waals surface area contributed by atoms with Gasteiger partial charge in [-0.2, -0.15) is 0 Å². The molecule has 22 heavy (non-hydrogen) atoms. The van der Waals surface area contributed by atoms with E-state index in [1.165, 1.54) is 5.56 Å². The molecule has 2 rings (SSSR count). The summed E-state index contributed by atoms with van der Waals surface area (Å²) < 4.78 is 6.28. The molecule has 0 saturated heterocycles. The predicted molar refractivity (Wildman–Crippen MR) is 94.8 cm³/mol. The van der Waals surface area contributed by atoms with Crippen LogP contribution in [0.5, 0.6) is 5.75 Å². The molecule has 2 aromatic carbocycles. The van der Waals surface area contributed by atoms with Gasteiger partial charge in [-0.15, -0.1) is 0 Å². The van der Waals surface area contributed by atoms with E-state index in [4.69, 9.17) is 4.74 Å². The topological polar surface area (TPSA) is 21.3 Å². The predicted octanol–water partition coefficient (Wildman–Crippen LogP) is 5.47. The average molecular weight is 297 g/mol. The van der Waals surface area contributed by atoms with Gasteiger partial charge in [0, 0.05) is 5.69 Å². The SMILES string of the molecule is CCC(CNc1ccccc1)Oc1ccccc1C(C)CC. The van der Waals surface area contributed by atoms with E-state index in [1.54, 1.807) is 0 Å². The van der Waals surface area contributed by atoms with Crippen LogP contribution in [-0.2, 0) is 0 Å². The summed E-state index contributed by atoms with van der Waals surface area (Å²) in [6, 6.07) is 18.7. The van der Waals surface area contributed by atoms with Gasteiger partial charge in [-0.25, -0.2) is 0 Å². The minimum atomic E-state index is 0.172. The lowest BCUT2D eigenvalue weighted by molar-refractivity contribution is 0.207. The molecule has 0 radical (unpaired) electrons. The van der Waals surface area contributed by atoms with Crippen LogP contribution in [0.3, 0.4) is 0 Å². The second-order valence-corrected chi connectivity index (χ2v) is 5.74. The summed E-state index contributed by atoms with van der Waals surface area (Å²) in [4.78, 5) is 0. The van der Waals surface area contributed by atoms with Crippen molar-refractivity contribution in [2.24, 2.45) is 0 Å². The maximum absolute atomic E-state index is 6.28. The van der Waals surface area contributed by atoms with Crippen LogP contribution in [-0.4, -0.2) is 12.6 Å². The first-order valence-corrected chi connectivity index (χ1v) is 8.29. The Morgan fingerprint density at radius 3 is 2.27 bits per heavy atom. The average Bonchev–Trinajstić information content (AvgIpc) is 2.59. The summed E-state index contributed by atoms with van der Waals surface area (Å²) in [5.41, 5.74) is 2.45. The van der Waals surface area contributed by atoms with E-state index in [0.717, 1.165) is 30.8 Å². The van der Waals surface area contributed by atoms with Gasteiger partial charge < -0.3 is 10.1 Å². The molecule has 0 bridgehead atoms.